The lowest BCUT2D eigenvalue weighted by Crippen LogP contribution is -2.11. The normalized spacial score (nSPS) is 15.5. The molecule has 2 aromatic carbocycles. The van der Waals surface area contributed by atoms with E-state index in [0.717, 1.165) is 67.7 Å². The monoisotopic (exact) mass is 520 g/mol. The van der Waals surface area contributed by atoms with Crippen molar-refractivity contribution in [3.8, 4) is 11.1 Å². The molecule has 39 heavy (non-hydrogen) atoms. The van der Waals surface area contributed by atoms with Crippen LogP contribution in [0.5, 0.6) is 0 Å². The van der Waals surface area contributed by atoms with Crippen LogP contribution >= 0.6 is 0 Å². The molecule has 0 amide bonds. The molecular weight excluding hydrogens is 476 g/mol. The molecule has 1 aromatic heterocycles. The van der Waals surface area contributed by atoms with E-state index in [4.69, 9.17) is 10.4 Å². The highest BCUT2D eigenvalue weighted by molar-refractivity contribution is 5.78. The molecule has 0 fully saturated rings. The Labute approximate surface area is 235 Å². The summed E-state index contributed by atoms with van der Waals surface area (Å²) in [6, 6.07) is 20.0. The van der Waals surface area contributed by atoms with Gasteiger partial charge in [0.15, 0.2) is 0 Å². The second-order valence-electron chi connectivity index (χ2n) is 10.4. The van der Waals surface area contributed by atoms with Crippen molar-refractivity contribution in [2.24, 2.45) is 0 Å². The SMILES string of the molecule is CC/C=C(\CCC)c1ccc(NC2CCc3cccc(-c4cccc(N/C(CC)=C(/C)C=N)c4)c32)nc1CC. The summed E-state index contributed by atoms with van der Waals surface area (Å²) in [5.74, 6) is 0.964. The maximum atomic E-state index is 7.64. The van der Waals surface area contributed by atoms with E-state index in [0.29, 0.717) is 0 Å². The van der Waals surface area contributed by atoms with E-state index in [1.165, 1.54) is 45.3 Å². The van der Waals surface area contributed by atoms with Crippen LogP contribution in [-0.4, -0.2) is 11.2 Å². The molecule has 3 aromatic rings. The fourth-order valence-electron chi connectivity index (χ4n) is 5.76. The first kappa shape index (κ1) is 28.4. The van der Waals surface area contributed by atoms with Crippen LogP contribution in [0.3, 0.4) is 0 Å². The van der Waals surface area contributed by atoms with Gasteiger partial charge in [0.1, 0.15) is 5.82 Å². The van der Waals surface area contributed by atoms with Crippen LogP contribution in [0.15, 0.2) is 71.9 Å². The van der Waals surface area contributed by atoms with Gasteiger partial charge < -0.3 is 16.0 Å². The summed E-state index contributed by atoms with van der Waals surface area (Å²) in [4.78, 5) is 5.11. The summed E-state index contributed by atoms with van der Waals surface area (Å²) in [5, 5.41) is 15.0. The minimum Gasteiger partial charge on any atom is -0.363 e. The van der Waals surface area contributed by atoms with Crippen molar-refractivity contribution >= 4 is 23.3 Å². The second kappa shape index (κ2) is 13.4. The highest BCUT2D eigenvalue weighted by Crippen LogP contribution is 2.41. The van der Waals surface area contributed by atoms with Gasteiger partial charge in [0.2, 0.25) is 0 Å². The summed E-state index contributed by atoms with van der Waals surface area (Å²) in [7, 11) is 0. The zero-order valence-electron chi connectivity index (χ0n) is 24.3. The van der Waals surface area contributed by atoms with E-state index in [1.807, 2.05) is 6.92 Å². The first-order valence-corrected chi connectivity index (χ1v) is 14.7. The number of rotatable bonds is 12. The molecule has 1 aliphatic rings. The van der Waals surface area contributed by atoms with Crippen LogP contribution in [0.25, 0.3) is 16.7 Å². The smallest absolute Gasteiger partial charge is 0.126 e. The van der Waals surface area contributed by atoms with Gasteiger partial charge in [-0.15, -0.1) is 0 Å². The third-order valence-electron chi connectivity index (χ3n) is 7.71. The predicted molar refractivity (Wildman–Crippen MR) is 169 cm³/mol. The molecule has 4 rings (SSSR count). The van der Waals surface area contributed by atoms with Gasteiger partial charge in [0.05, 0.1) is 6.04 Å². The molecule has 0 radical (unpaired) electrons. The van der Waals surface area contributed by atoms with Crippen molar-refractivity contribution in [2.75, 3.05) is 10.6 Å². The van der Waals surface area contributed by atoms with E-state index < -0.39 is 0 Å². The quantitative estimate of drug-likeness (QED) is 0.208. The number of hydrogen-bond acceptors (Lipinski definition) is 4. The van der Waals surface area contributed by atoms with Crippen molar-refractivity contribution in [3.05, 3.63) is 94.3 Å². The number of aromatic nitrogens is 1. The molecular formula is C35H44N4. The first-order valence-electron chi connectivity index (χ1n) is 14.7. The Morgan fingerprint density at radius 1 is 1.05 bits per heavy atom. The molecule has 1 heterocycles. The zero-order chi connectivity index (χ0) is 27.8. The summed E-state index contributed by atoms with van der Waals surface area (Å²) in [6.07, 6.45) is 11.0. The average molecular weight is 521 g/mol. The highest BCUT2D eigenvalue weighted by atomic mass is 15.0. The number of anilines is 2. The molecule has 204 valence electrons. The van der Waals surface area contributed by atoms with Gasteiger partial charge in [-0.05, 0) is 109 Å². The average Bonchev–Trinajstić information content (AvgIpc) is 3.38. The number of nitrogens with zero attached hydrogens (tertiary/aromatic N) is 1. The molecule has 0 saturated carbocycles. The van der Waals surface area contributed by atoms with E-state index in [2.05, 4.69) is 99.0 Å². The number of nitrogens with one attached hydrogen (secondary N) is 3. The summed E-state index contributed by atoms with van der Waals surface area (Å²) in [5.41, 5.74) is 12.3. The second-order valence-corrected chi connectivity index (χ2v) is 10.4. The fourth-order valence-corrected chi connectivity index (χ4v) is 5.76. The predicted octanol–water partition coefficient (Wildman–Crippen LogP) is 9.75. The molecule has 4 nitrogen and oxygen atoms in total. The van der Waals surface area contributed by atoms with Crippen molar-refractivity contribution in [1.82, 2.24) is 4.98 Å². The van der Waals surface area contributed by atoms with Crippen LogP contribution in [-0.2, 0) is 12.8 Å². The van der Waals surface area contributed by atoms with Crippen molar-refractivity contribution in [3.63, 3.8) is 0 Å². The van der Waals surface area contributed by atoms with E-state index in [9.17, 15) is 0 Å². The molecule has 4 heteroatoms. The van der Waals surface area contributed by atoms with Gasteiger partial charge in [-0.25, -0.2) is 4.98 Å². The van der Waals surface area contributed by atoms with Crippen LogP contribution in [0.1, 0.15) is 95.1 Å². The molecule has 0 aliphatic heterocycles. The van der Waals surface area contributed by atoms with Crippen molar-refractivity contribution in [2.45, 2.75) is 85.6 Å². The molecule has 3 N–H and O–H groups in total. The first-order chi connectivity index (χ1) is 19.0. The summed E-state index contributed by atoms with van der Waals surface area (Å²) >= 11 is 0. The number of aryl methyl sites for hydroxylation is 2. The number of fused-ring (bicyclic) bond motifs is 1. The van der Waals surface area contributed by atoms with Gasteiger partial charge >= 0.3 is 0 Å². The van der Waals surface area contributed by atoms with E-state index in [-0.39, 0.29) is 6.04 Å². The summed E-state index contributed by atoms with van der Waals surface area (Å²) < 4.78 is 0. The van der Waals surface area contributed by atoms with E-state index in [1.54, 1.807) is 0 Å². The van der Waals surface area contributed by atoms with Gasteiger partial charge in [-0.2, -0.15) is 0 Å². The molecule has 0 saturated heterocycles. The number of allylic oxidation sites excluding steroid dienone is 4. The lowest BCUT2D eigenvalue weighted by atomic mass is 9.94. The van der Waals surface area contributed by atoms with Crippen molar-refractivity contribution < 1.29 is 0 Å². The minimum atomic E-state index is 0.225. The van der Waals surface area contributed by atoms with Crippen LogP contribution in [0.2, 0.25) is 0 Å². The maximum absolute atomic E-state index is 7.64. The Morgan fingerprint density at radius 3 is 2.59 bits per heavy atom. The largest absolute Gasteiger partial charge is 0.363 e. The third-order valence-corrected chi connectivity index (χ3v) is 7.71. The Balaban J connectivity index is 1.64. The minimum absolute atomic E-state index is 0.225. The Morgan fingerprint density at radius 2 is 1.87 bits per heavy atom. The van der Waals surface area contributed by atoms with Crippen LogP contribution in [0.4, 0.5) is 11.5 Å². The number of hydrogen-bond donors (Lipinski definition) is 3. The third kappa shape index (κ3) is 6.50. The Hall–Kier alpha value is -3.66. The summed E-state index contributed by atoms with van der Waals surface area (Å²) in [6.45, 7) is 10.8. The molecule has 0 spiro atoms. The van der Waals surface area contributed by atoms with Crippen LogP contribution in [0, 0.1) is 5.41 Å². The Bertz CT molecular complexity index is 1360. The molecule has 0 bridgehead atoms. The van der Waals surface area contributed by atoms with Gasteiger partial charge in [0, 0.05) is 23.3 Å². The topological polar surface area (TPSA) is 60.8 Å². The van der Waals surface area contributed by atoms with Gasteiger partial charge in [0.25, 0.3) is 0 Å². The van der Waals surface area contributed by atoms with Gasteiger partial charge in [-0.3, -0.25) is 0 Å². The van der Waals surface area contributed by atoms with Crippen LogP contribution < -0.4 is 10.6 Å². The van der Waals surface area contributed by atoms with Gasteiger partial charge in [-0.1, -0.05) is 70.5 Å². The highest BCUT2D eigenvalue weighted by Gasteiger charge is 2.26. The van der Waals surface area contributed by atoms with E-state index >= 15 is 0 Å². The molecule has 1 aliphatic carbocycles. The zero-order valence-corrected chi connectivity index (χ0v) is 24.3. The molecule has 1 unspecified atom stereocenters. The fraction of sp³-hybridized carbons (Fsp3) is 0.371. The number of benzene rings is 2. The lowest BCUT2D eigenvalue weighted by Gasteiger charge is -2.20. The lowest BCUT2D eigenvalue weighted by molar-refractivity contribution is 0.756. The standard InChI is InChI=1S/C35H44N4/c1-6-12-25(13-7-2)29-19-21-34(38-32(29)9-4)39-33-20-18-26-14-11-17-30(35(26)33)27-15-10-16-28(22-27)37-31(8-3)24(5)23-36/h10-12,14-17,19,21-23,33,36-37H,6-9,13,18,20H2,1-5H3,(H,38,39)/b25-12+,31-24-,36-23?. The Kier molecular flexibility index (Phi) is 9.75. The molecule has 1 atom stereocenters. The number of pyridine rings is 1. The van der Waals surface area contributed by atoms with Crippen molar-refractivity contribution in [1.29, 1.82) is 5.41 Å². The maximum Gasteiger partial charge on any atom is 0.126 e.